The number of carbonyl (C=O) groups excluding carboxylic acids is 1. The number of methoxy groups -OCH3 is 1. The molecule has 5 aromatic carbocycles. The van der Waals surface area contributed by atoms with Crippen molar-refractivity contribution in [3.63, 3.8) is 0 Å². The number of phenols is 1. The lowest BCUT2D eigenvalue weighted by molar-refractivity contribution is -0.134. The Bertz CT molecular complexity index is 1510. The summed E-state index contributed by atoms with van der Waals surface area (Å²) >= 11 is 0. The van der Waals surface area contributed by atoms with Gasteiger partial charge >= 0.3 is 5.97 Å². The molecule has 0 fully saturated rings. The lowest BCUT2D eigenvalue weighted by Gasteiger charge is -2.16. The molecule has 0 saturated carbocycles. The molecule has 0 spiro atoms. The van der Waals surface area contributed by atoms with Crippen molar-refractivity contribution < 1.29 is 19.4 Å². The fourth-order valence-corrected chi connectivity index (χ4v) is 4.63. The number of esters is 1. The summed E-state index contributed by atoms with van der Waals surface area (Å²) in [6.45, 7) is 2.01. The van der Waals surface area contributed by atoms with Gasteiger partial charge in [-0.05, 0) is 57.6 Å². The van der Waals surface area contributed by atoms with E-state index >= 15 is 0 Å². The summed E-state index contributed by atoms with van der Waals surface area (Å²) in [6, 6.07) is 30.9. The molecular formula is C31H26O4. The van der Waals surface area contributed by atoms with Gasteiger partial charge in [-0.15, -0.1) is 0 Å². The van der Waals surface area contributed by atoms with Gasteiger partial charge in [0.2, 0.25) is 0 Å². The molecule has 0 radical (unpaired) electrons. The maximum Gasteiger partial charge on any atom is 0.311 e. The molecular weight excluding hydrogens is 436 g/mol. The van der Waals surface area contributed by atoms with Crippen molar-refractivity contribution in [3.8, 4) is 28.4 Å². The Labute approximate surface area is 204 Å². The van der Waals surface area contributed by atoms with Crippen LogP contribution in [0.1, 0.15) is 24.8 Å². The summed E-state index contributed by atoms with van der Waals surface area (Å²) in [4.78, 5) is 13.0. The van der Waals surface area contributed by atoms with Crippen molar-refractivity contribution >= 4 is 27.5 Å². The van der Waals surface area contributed by atoms with Crippen LogP contribution >= 0.6 is 0 Å². The van der Waals surface area contributed by atoms with Crippen molar-refractivity contribution in [2.45, 2.75) is 19.3 Å². The molecule has 35 heavy (non-hydrogen) atoms. The van der Waals surface area contributed by atoms with Gasteiger partial charge in [0.15, 0.2) is 0 Å². The SMILES string of the molecule is COc1ccc([C@@H](C)CC(=O)Oc2cccc3cccc(-c4cccc5cccc(O)c45)c23)cc1. The monoisotopic (exact) mass is 462 g/mol. The van der Waals surface area contributed by atoms with Crippen LogP contribution in [-0.4, -0.2) is 18.2 Å². The molecule has 0 heterocycles. The predicted molar refractivity (Wildman–Crippen MR) is 140 cm³/mol. The topological polar surface area (TPSA) is 55.8 Å². The van der Waals surface area contributed by atoms with Crippen LogP contribution in [0.3, 0.4) is 0 Å². The first-order valence-electron chi connectivity index (χ1n) is 11.6. The number of hydrogen-bond donors (Lipinski definition) is 1. The fourth-order valence-electron chi connectivity index (χ4n) is 4.63. The first-order valence-corrected chi connectivity index (χ1v) is 11.6. The van der Waals surface area contributed by atoms with Crippen LogP contribution in [-0.2, 0) is 4.79 Å². The summed E-state index contributed by atoms with van der Waals surface area (Å²) < 4.78 is 11.2. The molecule has 0 amide bonds. The highest BCUT2D eigenvalue weighted by atomic mass is 16.5. The number of rotatable bonds is 6. The minimum Gasteiger partial charge on any atom is -0.507 e. The van der Waals surface area contributed by atoms with Crippen LogP contribution < -0.4 is 9.47 Å². The Hall–Kier alpha value is -4.31. The third-order valence-corrected chi connectivity index (χ3v) is 6.42. The molecule has 0 aliphatic carbocycles. The molecule has 0 unspecified atom stereocenters. The molecule has 1 atom stereocenters. The van der Waals surface area contributed by atoms with E-state index in [1.54, 1.807) is 13.2 Å². The van der Waals surface area contributed by atoms with Crippen LogP contribution in [0.15, 0.2) is 97.1 Å². The number of hydrogen-bond acceptors (Lipinski definition) is 4. The minimum absolute atomic E-state index is 0.00197. The van der Waals surface area contributed by atoms with Crippen LogP contribution in [0.5, 0.6) is 17.2 Å². The Kier molecular flexibility index (Phi) is 6.11. The molecule has 0 aliphatic rings. The van der Waals surface area contributed by atoms with Crippen molar-refractivity contribution in [2.24, 2.45) is 0 Å². The van der Waals surface area contributed by atoms with Crippen molar-refractivity contribution in [1.82, 2.24) is 0 Å². The zero-order valence-electron chi connectivity index (χ0n) is 19.7. The standard InChI is InChI=1S/C31H26O4/c1-20(21-15-17-24(34-2)18-16-21)19-29(33)35-28-14-6-10-23-8-4-12-26(31(23)28)25-11-3-7-22-9-5-13-27(32)30(22)25/h3-18,20,32H,19H2,1-2H3/t20-/m0/s1. The normalized spacial score (nSPS) is 11.9. The van der Waals surface area contributed by atoms with Crippen LogP contribution in [0.2, 0.25) is 0 Å². The molecule has 0 saturated heterocycles. The molecule has 5 aromatic rings. The maximum absolute atomic E-state index is 13.0. The summed E-state index contributed by atoms with van der Waals surface area (Å²) in [5.41, 5.74) is 2.84. The molecule has 0 bridgehead atoms. The second-order valence-corrected chi connectivity index (χ2v) is 8.69. The summed E-state index contributed by atoms with van der Waals surface area (Å²) in [7, 11) is 1.63. The van der Waals surface area contributed by atoms with E-state index in [1.807, 2.05) is 97.9 Å². The molecule has 4 heteroatoms. The summed E-state index contributed by atoms with van der Waals surface area (Å²) in [5.74, 6) is 1.22. The predicted octanol–water partition coefficient (Wildman–Crippen LogP) is 7.47. The van der Waals surface area contributed by atoms with Crippen LogP contribution in [0, 0.1) is 0 Å². The third kappa shape index (κ3) is 4.43. The number of benzene rings is 5. The average Bonchev–Trinajstić information content (AvgIpc) is 2.88. The van der Waals surface area contributed by atoms with E-state index < -0.39 is 0 Å². The Morgan fingerprint density at radius 1 is 0.771 bits per heavy atom. The van der Waals surface area contributed by atoms with Crippen molar-refractivity contribution in [1.29, 1.82) is 0 Å². The van der Waals surface area contributed by atoms with Crippen LogP contribution in [0.4, 0.5) is 0 Å². The van der Waals surface area contributed by atoms with Crippen molar-refractivity contribution in [2.75, 3.05) is 7.11 Å². The first-order chi connectivity index (χ1) is 17.0. The van der Waals surface area contributed by atoms with E-state index in [2.05, 4.69) is 0 Å². The van der Waals surface area contributed by atoms with Crippen molar-refractivity contribution in [3.05, 3.63) is 103 Å². The van der Waals surface area contributed by atoms with Gasteiger partial charge in [0.25, 0.3) is 0 Å². The minimum atomic E-state index is -0.295. The summed E-state index contributed by atoms with van der Waals surface area (Å²) in [5, 5.41) is 14.2. The van der Waals surface area contributed by atoms with Gasteiger partial charge in [-0.25, -0.2) is 0 Å². The Balaban J connectivity index is 1.51. The number of fused-ring (bicyclic) bond motifs is 2. The largest absolute Gasteiger partial charge is 0.507 e. The smallest absolute Gasteiger partial charge is 0.311 e. The lowest BCUT2D eigenvalue weighted by atomic mass is 9.93. The van der Waals surface area contributed by atoms with E-state index in [0.29, 0.717) is 5.75 Å². The highest BCUT2D eigenvalue weighted by molar-refractivity contribution is 6.09. The zero-order valence-corrected chi connectivity index (χ0v) is 19.7. The second-order valence-electron chi connectivity index (χ2n) is 8.69. The molecule has 0 aromatic heterocycles. The first kappa shape index (κ1) is 22.5. The third-order valence-electron chi connectivity index (χ3n) is 6.42. The molecule has 174 valence electrons. The maximum atomic E-state index is 13.0. The lowest BCUT2D eigenvalue weighted by Crippen LogP contribution is -2.12. The molecule has 5 rings (SSSR count). The fraction of sp³-hybridized carbons (Fsp3) is 0.129. The number of ether oxygens (including phenoxy) is 2. The van der Waals surface area contributed by atoms with Gasteiger partial charge in [0, 0.05) is 10.8 Å². The molecule has 4 nitrogen and oxygen atoms in total. The van der Waals surface area contributed by atoms with Gasteiger partial charge in [-0.3, -0.25) is 4.79 Å². The van der Waals surface area contributed by atoms with Gasteiger partial charge in [0.1, 0.15) is 17.2 Å². The van der Waals surface area contributed by atoms with E-state index in [0.717, 1.165) is 44.0 Å². The summed E-state index contributed by atoms with van der Waals surface area (Å²) in [6.07, 6.45) is 0.250. The molecule has 0 aliphatic heterocycles. The number of carbonyl (C=O) groups is 1. The van der Waals surface area contributed by atoms with E-state index in [1.165, 1.54) is 0 Å². The van der Waals surface area contributed by atoms with Gasteiger partial charge in [-0.2, -0.15) is 0 Å². The van der Waals surface area contributed by atoms with Gasteiger partial charge < -0.3 is 14.6 Å². The van der Waals surface area contributed by atoms with E-state index in [-0.39, 0.29) is 24.1 Å². The van der Waals surface area contributed by atoms with E-state index in [4.69, 9.17) is 9.47 Å². The number of phenolic OH excluding ortho intramolecular Hbond substituents is 1. The average molecular weight is 463 g/mol. The second kappa shape index (κ2) is 9.51. The Morgan fingerprint density at radius 3 is 2.00 bits per heavy atom. The highest BCUT2D eigenvalue weighted by Gasteiger charge is 2.18. The number of aromatic hydroxyl groups is 1. The van der Waals surface area contributed by atoms with Gasteiger partial charge in [-0.1, -0.05) is 79.7 Å². The quantitative estimate of drug-likeness (QED) is 0.210. The highest BCUT2D eigenvalue weighted by Crippen LogP contribution is 2.41. The Morgan fingerprint density at radius 2 is 1.34 bits per heavy atom. The van der Waals surface area contributed by atoms with Gasteiger partial charge in [0.05, 0.1) is 13.5 Å². The van der Waals surface area contributed by atoms with Crippen LogP contribution in [0.25, 0.3) is 32.7 Å². The molecule has 1 N–H and O–H groups in total. The van der Waals surface area contributed by atoms with E-state index in [9.17, 15) is 9.90 Å². The zero-order chi connectivity index (χ0) is 24.4.